The predicted octanol–water partition coefficient (Wildman–Crippen LogP) is 1.34. The standard InChI is InChI=1S/C21H29N3O7/c1-2-18(25)14-7-8-15(22-9-14)10-23(11-19(26)27)16-5-3-4-6-17(16)24(12-20(28)29)13-21(30)31/h7-9,16-17H,2-6,10-13H2,1H3,(H,26,27)(H,28,29)(H,30,31)/t16-,17?/m0/s1. The average molecular weight is 435 g/mol. The molecule has 3 N–H and O–H groups in total. The molecule has 1 aromatic heterocycles. The Morgan fingerprint density at radius 1 is 0.903 bits per heavy atom. The van der Waals surface area contributed by atoms with Crippen LogP contribution in [0.25, 0.3) is 0 Å². The molecule has 31 heavy (non-hydrogen) atoms. The molecule has 1 fully saturated rings. The molecule has 1 aliphatic rings. The van der Waals surface area contributed by atoms with Crippen LogP contribution in [0.3, 0.4) is 0 Å². The third-order valence-corrected chi connectivity index (χ3v) is 5.48. The Kier molecular flexibility index (Phi) is 9.07. The highest BCUT2D eigenvalue weighted by molar-refractivity contribution is 5.95. The van der Waals surface area contributed by atoms with Crippen molar-refractivity contribution in [3.05, 3.63) is 29.6 Å². The minimum Gasteiger partial charge on any atom is -0.480 e. The molecule has 1 unspecified atom stereocenters. The summed E-state index contributed by atoms with van der Waals surface area (Å²) in [5.41, 5.74) is 1.07. The van der Waals surface area contributed by atoms with Crippen molar-refractivity contribution in [2.24, 2.45) is 0 Å². The molecule has 10 nitrogen and oxygen atoms in total. The molecule has 1 saturated carbocycles. The zero-order valence-electron chi connectivity index (χ0n) is 17.6. The minimum atomic E-state index is -1.13. The lowest BCUT2D eigenvalue weighted by Crippen LogP contribution is -2.56. The monoisotopic (exact) mass is 435 g/mol. The molecule has 2 atom stereocenters. The summed E-state index contributed by atoms with van der Waals surface area (Å²) >= 11 is 0. The number of nitrogens with zero attached hydrogens (tertiary/aromatic N) is 3. The lowest BCUT2D eigenvalue weighted by atomic mass is 9.87. The second-order valence-electron chi connectivity index (χ2n) is 7.73. The normalized spacial score (nSPS) is 18.8. The summed E-state index contributed by atoms with van der Waals surface area (Å²) in [5.74, 6) is -3.33. The van der Waals surface area contributed by atoms with Crippen molar-refractivity contribution in [1.82, 2.24) is 14.8 Å². The zero-order valence-corrected chi connectivity index (χ0v) is 17.6. The number of aliphatic carboxylic acids is 3. The number of hydrogen-bond acceptors (Lipinski definition) is 7. The first-order valence-corrected chi connectivity index (χ1v) is 10.3. The third kappa shape index (κ3) is 7.41. The predicted molar refractivity (Wildman–Crippen MR) is 110 cm³/mol. The highest BCUT2D eigenvalue weighted by Crippen LogP contribution is 2.28. The van der Waals surface area contributed by atoms with Crippen molar-refractivity contribution in [2.45, 2.75) is 57.7 Å². The van der Waals surface area contributed by atoms with Gasteiger partial charge in [0.1, 0.15) is 0 Å². The van der Waals surface area contributed by atoms with E-state index < -0.39 is 37.0 Å². The highest BCUT2D eigenvalue weighted by atomic mass is 16.4. The van der Waals surface area contributed by atoms with Gasteiger partial charge in [-0.2, -0.15) is 0 Å². The van der Waals surface area contributed by atoms with Crippen LogP contribution in [0.5, 0.6) is 0 Å². The summed E-state index contributed by atoms with van der Waals surface area (Å²) in [6.45, 7) is 0.809. The molecule has 170 valence electrons. The number of carbonyl (C=O) groups is 4. The van der Waals surface area contributed by atoms with Gasteiger partial charge in [-0.3, -0.25) is 34.0 Å². The van der Waals surface area contributed by atoms with Crippen molar-refractivity contribution in [3.63, 3.8) is 0 Å². The van der Waals surface area contributed by atoms with E-state index in [4.69, 9.17) is 0 Å². The fraction of sp³-hybridized carbons (Fsp3) is 0.571. The lowest BCUT2D eigenvalue weighted by Gasteiger charge is -2.43. The smallest absolute Gasteiger partial charge is 0.317 e. The topological polar surface area (TPSA) is 148 Å². The molecule has 1 aromatic rings. The fourth-order valence-corrected chi connectivity index (χ4v) is 4.14. The molecule has 1 heterocycles. The summed E-state index contributed by atoms with van der Waals surface area (Å²) in [4.78, 5) is 53.4. The van der Waals surface area contributed by atoms with Crippen LogP contribution in [0.2, 0.25) is 0 Å². The van der Waals surface area contributed by atoms with Crippen LogP contribution in [-0.2, 0) is 20.9 Å². The largest absolute Gasteiger partial charge is 0.480 e. The van der Waals surface area contributed by atoms with Gasteiger partial charge in [0, 0.05) is 36.8 Å². The second kappa shape index (κ2) is 11.5. The maximum atomic E-state index is 11.8. The maximum absolute atomic E-state index is 11.8. The molecule has 0 aliphatic heterocycles. The van der Waals surface area contributed by atoms with Gasteiger partial charge in [-0.1, -0.05) is 19.8 Å². The summed E-state index contributed by atoms with van der Waals surface area (Å²) < 4.78 is 0. The molecular weight excluding hydrogens is 406 g/mol. The zero-order chi connectivity index (χ0) is 23.0. The van der Waals surface area contributed by atoms with E-state index in [1.54, 1.807) is 24.0 Å². The fourth-order valence-electron chi connectivity index (χ4n) is 4.14. The Labute approximate surface area is 180 Å². The van der Waals surface area contributed by atoms with Crippen molar-refractivity contribution >= 4 is 23.7 Å². The van der Waals surface area contributed by atoms with Crippen LogP contribution in [0.1, 0.15) is 55.1 Å². The lowest BCUT2D eigenvalue weighted by molar-refractivity contribution is -0.146. The number of pyridine rings is 1. The summed E-state index contributed by atoms with van der Waals surface area (Å²) in [7, 11) is 0. The molecule has 0 bridgehead atoms. The molecule has 10 heteroatoms. The van der Waals surface area contributed by atoms with Crippen molar-refractivity contribution in [2.75, 3.05) is 19.6 Å². The van der Waals surface area contributed by atoms with Crippen molar-refractivity contribution in [3.8, 4) is 0 Å². The molecule has 0 aromatic carbocycles. The molecule has 0 spiro atoms. The molecule has 1 aliphatic carbocycles. The number of aromatic nitrogens is 1. The van der Waals surface area contributed by atoms with E-state index in [1.165, 1.54) is 11.1 Å². The summed E-state index contributed by atoms with van der Waals surface area (Å²) in [6.07, 6.45) is 4.68. The van der Waals surface area contributed by atoms with Crippen LogP contribution < -0.4 is 0 Å². The van der Waals surface area contributed by atoms with Gasteiger partial charge in [-0.25, -0.2) is 0 Å². The van der Waals surface area contributed by atoms with Gasteiger partial charge in [-0.05, 0) is 25.0 Å². The first-order valence-electron chi connectivity index (χ1n) is 10.3. The molecule has 0 saturated heterocycles. The molecular formula is C21H29N3O7. The van der Waals surface area contributed by atoms with Gasteiger partial charge in [0.15, 0.2) is 5.78 Å². The SMILES string of the molecule is CCC(=O)c1ccc(CN(CC(=O)O)[C@H]2CCCCC2N(CC(=O)O)CC(=O)O)nc1. The van der Waals surface area contributed by atoms with Gasteiger partial charge in [-0.15, -0.1) is 0 Å². The van der Waals surface area contributed by atoms with Crippen molar-refractivity contribution < 1.29 is 34.5 Å². The van der Waals surface area contributed by atoms with E-state index >= 15 is 0 Å². The number of Topliss-reactive ketones (excluding diaryl/α,β-unsaturated/α-hetero) is 1. The van der Waals surface area contributed by atoms with E-state index in [0.717, 1.165) is 12.8 Å². The quantitative estimate of drug-likeness (QED) is 0.411. The van der Waals surface area contributed by atoms with E-state index in [9.17, 15) is 34.5 Å². The van der Waals surface area contributed by atoms with Gasteiger partial charge >= 0.3 is 17.9 Å². The van der Waals surface area contributed by atoms with Crippen LogP contribution in [0, 0.1) is 0 Å². The Morgan fingerprint density at radius 3 is 1.87 bits per heavy atom. The van der Waals surface area contributed by atoms with Crippen LogP contribution in [-0.4, -0.2) is 85.5 Å². The van der Waals surface area contributed by atoms with Gasteiger partial charge in [0.2, 0.25) is 0 Å². The van der Waals surface area contributed by atoms with E-state index in [2.05, 4.69) is 4.98 Å². The van der Waals surface area contributed by atoms with Gasteiger partial charge < -0.3 is 15.3 Å². The first kappa shape index (κ1) is 24.4. The second-order valence-corrected chi connectivity index (χ2v) is 7.73. The van der Waals surface area contributed by atoms with E-state index in [0.29, 0.717) is 30.5 Å². The Hall–Kier alpha value is -2.85. The molecule has 0 amide bonds. The first-order chi connectivity index (χ1) is 14.7. The van der Waals surface area contributed by atoms with Crippen molar-refractivity contribution in [1.29, 1.82) is 0 Å². The molecule has 0 radical (unpaired) electrons. The third-order valence-electron chi connectivity index (χ3n) is 5.48. The number of hydrogen-bond donors (Lipinski definition) is 3. The number of rotatable bonds is 12. The van der Waals surface area contributed by atoms with Gasteiger partial charge in [0.05, 0.1) is 25.3 Å². The number of carboxylic acids is 3. The summed E-state index contributed by atoms with van der Waals surface area (Å²) in [6, 6.07) is 2.61. The van der Waals surface area contributed by atoms with Crippen LogP contribution >= 0.6 is 0 Å². The van der Waals surface area contributed by atoms with Crippen LogP contribution in [0.4, 0.5) is 0 Å². The van der Waals surface area contributed by atoms with E-state index in [1.807, 2.05) is 0 Å². The number of carboxylic acid groups (broad SMARTS) is 3. The Morgan fingerprint density at radius 2 is 1.42 bits per heavy atom. The minimum absolute atomic E-state index is 0.0354. The Balaban J connectivity index is 2.27. The Bertz CT molecular complexity index is 781. The average Bonchev–Trinajstić information content (AvgIpc) is 2.72. The van der Waals surface area contributed by atoms with Crippen LogP contribution in [0.15, 0.2) is 18.3 Å². The highest BCUT2D eigenvalue weighted by Gasteiger charge is 2.36. The van der Waals surface area contributed by atoms with E-state index in [-0.39, 0.29) is 24.9 Å². The molecule has 2 rings (SSSR count). The number of ketones is 1. The maximum Gasteiger partial charge on any atom is 0.317 e. The summed E-state index contributed by atoms with van der Waals surface area (Å²) in [5, 5.41) is 27.9. The van der Waals surface area contributed by atoms with Gasteiger partial charge in [0.25, 0.3) is 0 Å². The number of carbonyl (C=O) groups excluding carboxylic acids is 1.